The van der Waals surface area contributed by atoms with Crippen molar-refractivity contribution in [3.63, 3.8) is 0 Å². The minimum absolute atomic E-state index is 0.0244. The molecule has 0 bridgehead atoms. The van der Waals surface area contributed by atoms with E-state index in [1.165, 1.54) is 0 Å². The smallest absolute Gasteiger partial charge is 0.220 e. The second-order valence-electron chi connectivity index (χ2n) is 7.45. The van der Waals surface area contributed by atoms with Gasteiger partial charge >= 0.3 is 0 Å². The molecule has 2 aromatic rings. The predicted molar refractivity (Wildman–Crippen MR) is 116 cm³/mol. The van der Waals surface area contributed by atoms with Gasteiger partial charge in [0.05, 0.1) is 6.61 Å². The lowest BCUT2D eigenvalue weighted by atomic mass is 10.1. The van der Waals surface area contributed by atoms with Crippen LogP contribution in [0.2, 0.25) is 5.02 Å². The molecule has 0 aromatic heterocycles. The largest absolute Gasteiger partial charge is 0.494 e. The number of benzene rings is 2. The van der Waals surface area contributed by atoms with Crippen LogP contribution in [-0.2, 0) is 11.3 Å². The Morgan fingerprint density at radius 1 is 1.07 bits per heavy atom. The highest BCUT2D eigenvalue weighted by Gasteiger charge is 2.17. The SMILES string of the molecule is CN1CCC(Oc2ccc(CNC(=O)CCCOc3ccc(Cl)cc3)cc2)CC1. The molecule has 1 fully saturated rings. The number of hydrogen-bond donors (Lipinski definition) is 1. The molecule has 156 valence electrons. The number of nitrogens with zero attached hydrogens (tertiary/aromatic N) is 1. The van der Waals surface area contributed by atoms with Gasteiger partial charge in [-0.25, -0.2) is 0 Å². The van der Waals surface area contributed by atoms with Gasteiger partial charge in [0.25, 0.3) is 0 Å². The molecule has 0 unspecified atom stereocenters. The Kier molecular flexibility index (Phi) is 8.20. The summed E-state index contributed by atoms with van der Waals surface area (Å²) in [5, 5.41) is 3.63. The lowest BCUT2D eigenvalue weighted by molar-refractivity contribution is -0.121. The third kappa shape index (κ3) is 7.59. The summed E-state index contributed by atoms with van der Waals surface area (Å²) in [6.07, 6.45) is 3.53. The molecule has 5 nitrogen and oxygen atoms in total. The molecular formula is C23H29ClN2O3. The number of likely N-dealkylation sites (tertiary alicyclic amines) is 1. The first-order valence-electron chi connectivity index (χ1n) is 10.2. The Balaban J connectivity index is 1.31. The van der Waals surface area contributed by atoms with E-state index in [2.05, 4.69) is 17.3 Å². The highest BCUT2D eigenvalue weighted by atomic mass is 35.5. The zero-order valence-electron chi connectivity index (χ0n) is 16.9. The zero-order chi connectivity index (χ0) is 20.5. The van der Waals surface area contributed by atoms with Crippen molar-refractivity contribution in [3.8, 4) is 11.5 Å². The van der Waals surface area contributed by atoms with E-state index in [1.807, 2.05) is 36.4 Å². The summed E-state index contributed by atoms with van der Waals surface area (Å²) in [6, 6.07) is 15.2. The van der Waals surface area contributed by atoms with E-state index >= 15 is 0 Å². The first-order chi connectivity index (χ1) is 14.1. The Labute approximate surface area is 177 Å². The van der Waals surface area contributed by atoms with Gasteiger partial charge in [-0.15, -0.1) is 0 Å². The predicted octanol–water partition coefficient (Wildman–Crippen LogP) is 4.29. The fourth-order valence-electron chi connectivity index (χ4n) is 3.22. The molecular weight excluding hydrogens is 388 g/mol. The van der Waals surface area contributed by atoms with E-state index in [4.69, 9.17) is 21.1 Å². The lowest BCUT2D eigenvalue weighted by Crippen LogP contribution is -2.35. The van der Waals surface area contributed by atoms with Crippen molar-refractivity contribution in [2.75, 3.05) is 26.7 Å². The van der Waals surface area contributed by atoms with E-state index in [1.54, 1.807) is 12.1 Å². The van der Waals surface area contributed by atoms with Crippen LogP contribution in [0.3, 0.4) is 0 Å². The molecule has 0 spiro atoms. The van der Waals surface area contributed by atoms with Gasteiger partial charge in [0.1, 0.15) is 17.6 Å². The van der Waals surface area contributed by atoms with E-state index in [0.717, 1.165) is 43.0 Å². The maximum atomic E-state index is 12.0. The minimum atomic E-state index is 0.0244. The molecule has 3 rings (SSSR count). The van der Waals surface area contributed by atoms with Crippen LogP contribution < -0.4 is 14.8 Å². The molecule has 2 aromatic carbocycles. The van der Waals surface area contributed by atoms with Gasteiger partial charge in [-0.1, -0.05) is 23.7 Å². The van der Waals surface area contributed by atoms with Crippen LogP contribution in [0.4, 0.5) is 0 Å². The Morgan fingerprint density at radius 2 is 1.72 bits per heavy atom. The summed E-state index contributed by atoms with van der Waals surface area (Å²) in [6.45, 7) is 3.18. The monoisotopic (exact) mass is 416 g/mol. The molecule has 0 radical (unpaired) electrons. The van der Waals surface area contributed by atoms with Crippen molar-refractivity contribution in [3.05, 3.63) is 59.1 Å². The fraction of sp³-hybridized carbons (Fsp3) is 0.435. The number of amides is 1. The minimum Gasteiger partial charge on any atom is -0.494 e. The molecule has 0 saturated carbocycles. The number of piperidine rings is 1. The summed E-state index contributed by atoms with van der Waals surface area (Å²) in [4.78, 5) is 14.3. The van der Waals surface area contributed by atoms with Crippen LogP contribution in [0.5, 0.6) is 11.5 Å². The third-order valence-electron chi connectivity index (χ3n) is 5.01. The first-order valence-corrected chi connectivity index (χ1v) is 10.6. The van der Waals surface area contributed by atoms with Gasteiger partial charge in [-0.3, -0.25) is 4.79 Å². The second kappa shape index (κ2) is 11.1. The second-order valence-corrected chi connectivity index (χ2v) is 7.88. The van der Waals surface area contributed by atoms with Crippen molar-refractivity contribution in [2.24, 2.45) is 0 Å². The topological polar surface area (TPSA) is 50.8 Å². The molecule has 1 saturated heterocycles. The zero-order valence-corrected chi connectivity index (χ0v) is 17.7. The van der Waals surface area contributed by atoms with Crippen molar-refractivity contribution in [1.29, 1.82) is 0 Å². The highest BCUT2D eigenvalue weighted by Crippen LogP contribution is 2.19. The maximum absolute atomic E-state index is 12.0. The molecule has 1 aliphatic rings. The summed E-state index contributed by atoms with van der Waals surface area (Å²) in [7, 11) is 2.14. The third-order valence-corrected chi connectivity index (χ3v) is 5.26. The van der Waals surface area contributed by atoms with Crippen molar-refractivity contribution in [2.45, 2.75) is 38.3 Å². The van der Waals surface area contributed by atoms with Gasteiger partial charge in [-0.05, 0) is 68.3 Å². The van der Waals surface area contributed by atoms with Gasteiger partial charge in [0, 0.05) is 31.1 Å². The number of ether oxygens (including phenoxy) is 2. The van der Waals surface area contributed by atoms with Crippen LogP contribution in [0.15, 0.2) is 48.5 Å². The molecule has 1 N–H and O–H groups in total. The van der Waals surface area contributed by atoms with E-state index in [-0.39, 0.29) is 5.91 Å². The first kappa shape index (κ1) is 21.5. The number of carbonyl (C=O) groups is 1. The van der Waals surface area contributed by atoms with E-state index < -0.39 is 0 Å². The maximum Gasteiger partial charge on any atom is 0.220 e. The number of nitrogens with one attached hydrogen (secondary N) is 1. The van der Waals surface area contributed by atoms with Gasteiger partial charge in [0.2, 0.25) is 5.91 Å². The van der Waals surface area contributed by atoms with Crippen LogP contribution in [0.1, 0.15) is 31.2 Å². The van der Waals surface area contributed by atoms with E-state index in [9.17, 15) is 4.79 Å². The Morgan fingerprint density at radius 3 is 2.41 bits per heavy atom. The fourth-order valence-corrected chi connectivity index (χ4v) is 3.35. The highest BCUT2D eigenvalue weighted by molar-refractivity contribution is 6.30. The molecule has 0 aliphatic carbocycles. The summed E-state index contributed by atoms with van der Waals surface area (Å²) in [5.74, 6) is 1.68. The van der Waals surface area contributed by atoms with E-state index in [0.29, 0.717) is 37.1 Å². The lowest BCUT2D eigenvalue weighted by Gasteiger charge is -2.29. The van der Waals surface area contributed by atoms with Crippen LogP contribution >= 0.6 is 11.6 Å². The number of carbonyl (C=O) groups excluding carboxylic acids is 1. The Bertz CT molecular complexity index is 757. The van der Waals surface area contributed by atoms with Crippen molar-refractivity contribution < 1.29 is 14.3 Å². The van der Waals surface area contributed by atoms with Gasteiger partial charge in [-0.2, -0.15) is 0 Å². The number of hydrogen-bond acceptors (Lipinski definition) is 4. The molecule has 1 aliphatic heterocycles. The molecule has 0 atom stereocenters. The standard InChI is InChI=1S/C23H29ClN2O3/c1-26-14-12-22(13-15-26)29-21-8-4-18(5-9-21)17-25-23(27)3-2-16-28-20-10-6-19(24)7-11-20/h4-11,22H,2-3,12-17H2,1H3,(H,25,27). The number of halogens is 1. The normalized spacial score (nSPS) is 15.1. The molecule has 1 amide bonds. The average Bonchev–Trinajstić information content (AvgIpc) is 2.74. The van der Waals surface area contributed by atoms with Gasteiger partial charge in [0.15, 0.2) is 0 Å². The van der Waals surface area contributed by atoms with Crippen LogP contribution in [0.25, 0.3) is 0 Å². The summed E-state index contributed by atoms with van der Waals surface area (Å²) >= 11 is 5.84. The van der Waals surface area contributed by atoms with Gasteiger partial charge < -0.3 is 19.7 Å². The van der Waals surface area contributed by atoms with Crippen LogP contribution in [0, 0.1) is 0 Å². The average molecular weight is 417 g/mol. The summed E-state index contributed by atoms with van der Waals surface area (Å²) < 4.78 is 11.7. The quantitative estimate of drug-likeness (QED) is 0.619. The van der Waals surface area contributed by atoms with Crippen molar-refractivity contribution >= 4 is 17.5 Å². The Hall–Kier alpha value is -2.24. The molecule has 6 heteroatoms. The molecule has 29 heavy (non-hydrogen) atoms. The van der Waals surface area contributed by atoms with Crippen LogP contribution in [-0.4, -0.2) is 43.7 Å². The summed E-state index contributed by atoms with van der Waals surface area (Å²) in [5.41, 5.74) is 1.06. The molecule has 1 heterocycles. The number of rotatable bonds is 9. The van der Waals surface area contributed by atoms with Crippen molar-refractivity contribution in [1.82, 2.24) is 10.2 Å².